The Hall–Kier alpha value is -2.16. The summed E-state index contributed by atoms with van der Waals surface area (Å²) in [4.78, 5) is 13.0. The van der Waals surface area contributed by atoms with E-state index in [1.165, 1.54) is 6.07 Å². The Morgan fingerprint density at radius 2 is 2.38 bits per heavy atom. The Bertz CT molecular complexity index is 383. The number of nitrogens with zero attached hydrogens (tertiary/aromatic N) is 3. The van der Waals surface area contributed by atoms with Crippen LogP contribution in [0.1, 0.15) is 5.69 Å². The fraction of sp³-hybridized carbons (Fsp3) is 0.143. The van der Waals surface area contributed by atoms with E-state index in [0.29, 0.717) is 0 Å². The van der Waals surface area contributed by atoms with E-state index in [0.717, 1.165) is 6.07 Å². The van der Waals surface area contributed by atoms with Crippen molar-refractivity contribution in [3.05, 3.63) is 27.9 Å². The first kappa shape index (κ1) is 8.93. The largest absolute Gasteiger partial charge is 0.501 e. The highest BCUT2D eigenvalue weighted by Crippen LogP contribution is 2.22. The Morgan fingerprint density at radius 1 is 1.69 bits per heavy atom. The molecule has 0 spiro atoms. The number of aromatic hydroxyl groups is 1. The van der Waals surface area contributed by atoms with Crippen LogP contribution in [0, 0.1) is 21.4 Å². The molecule has 6 heteroatoms. The summed E-state index contributed by atoms with van der Waals surface area (Å²) in [5.74, 6) is -1.11. The van der Waals surface area contributed by atoms with Gasteiger partial charge < -0.3 is 15.2 Å². The van der Waals surface area contributed by atoms with Crippen molar-refractivity contribution in [3.8, 4) is 11.8 Å². The molecule has 0 amide bonds. The van der Waals surface area contributed by atoms with Gasteiger partial charge in [0.15, 0.2) is 5.69 Å². The Balaban J connectivity index is 3.13. The summed E-state index contributed by atoms with van der Waals surface area (Å²) in [6, 6.07) is 4.32. The van der Waals surface area contributed by atoms with Crippen molar-refractivity contribution in [2.45, 2.75) is 6.42 Å². The van der Waals surface area contributed by atoms with Gasteiger partial charge in [0.2, 0.25) is 5.75 Å². The van der Waals surface area contributed by atoms with Crippen LogP contribution in [0.5, 0.6) is 5.75 Å². The maximum absolute atomic E-state index is 10.3. The summed E-state index contributed by atoms with van der Waals surface area (Å²) >= 11 is 0. The number of pyridine rings is 1. The molecule has 0 fully saturated rings. The van der Waals surface area contributed by atoms with Gasteiger partial charge in [-0.1, -0.05) is 0 Å². The molecule has 0 aliphatic heterocycles. The van der Waals surface area contributed by atoms with Crippen LogP contribution in [-0.4, -0.2) is 15.0 Å². The molecule has 0 saturated heterocycles. The van der Waals surface area contributed by atoms with Crippen molar-refractivity contribution in [3.63, 3.8) is 0 Å². The number of nitriles is 1. The maximum atomic E-state index is 10.3. The molecule has 13 heavy (non-hydrogen) atoms. The number of nitro groups is 1. The second-order valence-corrected chi connectivity index (χ2v) is 2.24. The Morgan fingerprint density at radius 3 is 2.92 bits per heavy atom. The van der Waals surface area contributed by atoms with E-state index >= 15 is 0 Å². The minimum Gasteiger partial charge on any atom is -0.501 e. The van der Waals surface area contributed by atoms with Crippen LogP contribution in [-0.2, 0) is 6.42 Å². The fourth-order valence-corrected chi connectivity index (χ4v) is 0.794. The van der Waals surface area contributed by atoms with Crippen molar-refractivity contribution in [2.75, 3.05) is 0 Å². The molecule has 0 radical (unpaired) electrons. The Kier molecular flexibility index (Phi) is 2.40. The van der Waals surface area contributed by atoms with Crippen LogP contribution in [0.25, 0.3) is 0 Å². The molecule has 1 aromatic heterocycles. The molecule has 1 N–H and O–H groups in total. The first-order valence-corrected chi connectivity index (χ1v) is 3.35. The molecule has 0 unspecified atom stereocenters. The van der Waals surface area contributed by atoms with Gasteiger partial charge >= 0.3 is 5.82 Å². The molecule has 1 heterocycles. The third kappa shape index (κ3) is 1.90. The summed E-state index contributed by atoms with van der Waals surface area (Å²) in [6.07, 6.45) is -0.0128. The third-order valence-corrected chi connectivity index (χ3v) is 1.35. The van der Waals surface area contributed by atoms with Gasteiger partial charge in [-0.3, -0.25) is 0 Å². The molecule has 0 saturated carbocycles. The van der Waals surface area contributed by atoms with E-state index < -0.39 is 16.5 Å². The summed E-state index contributed by atoms with van der Waals surface area (Å²) in [5.41, 5.74) is 0.270. The van der Waals surface area contributed by atoms with Crippen LogP contribution >= 0.6 is 0 Å². The summed E-state index contributed by atoms with van der Waals surface area (Å²) in [6.45, 7) is 0. The zero-order valence-electron chi connectivity index (χ0n) is 6.47. The number of hydrogen-bond acceptors (Lipinski definition) is 5. The molecule has 0 aliphatic rings. The number of aromatic nitrogens is 1. The predicted molar refractivity (Wildman–Crippen MR) is 41.9 cm³/mol. The lowest BCUT2D eigenvalue weighted by Gasteiger charge is -1.95. The summed E-state index contributed by atoms with van der Waals surface area (Å²) in [7, 11) is 0. The quantitative estimate of drug-likeness (QED) is 0.533. The van der Waals surface area contributed by atoms with Crippen LogP contribution in [0.4, 0.5) is 5.82 Å². The monoisotopic (exact) mass is 179 g/mol. The second kappa shape index (κ2) is 3.49. The van der Waals surface area contributed by atoms with Crippen molar-refractivity contribution in [1.29, 1.82) is 5.26 Å². The lowest BCUT2D eigenvalue weighted by Crippen LogP contribution is -1.96. The highest BCUT2D eigenvalue weighted by Gasteiger charge is 2.16. The number of rotatable bonds is 2. The average Bonchev–Trinajstić information content (AvgIpc) is 2.08. The fourth-order valence-electron chi connectivity index (χ4n) is 0.794. The van der Waals surface area contributed by atoms with E-state index in [9.17, 15) is 10.1 Å². The maximum Gasteiger partial charge on any atom is 0.406 e. The third-order valence-electron chi connectivity index (χ3n) is 1.35. The van der Waals surface area contributed by atoms with E-state index in [2.05, 4.69) is 4.98 Å². The van der Waals surface area contributed by atoms with Gasteiger partial charge in [-0.2, -0.15) is 5.26 Å². The van der Waals surface area contributed by atoms with Gasteiger partial charge in [0.05, 0.1) is 6.07 Å². The van der Waals surface area contributed by atoms with Crippen LogP contribution in [0.3, 0.4) is 0 Å². The van der Waals surface area contributed by atoms with Gasteiger partial charge in [-0.25, -0.2) is 0 Å². The van der Waals surface area contributed by atoms with Gasteiger partial charge in [0, 0.05) is 0 Å². The molecule has 0 bridgehead atoms. The molecule has 1 aromatic rings. The molecule has 0 aliphatic carbocycles. The highest BCUT2D eigenvalue weighted by atomic mass is 16.6. The van der Waals surface area contributed by atoms with Crippen LogP contribution < -0.4 is 0 Å². The summed E-state index contributed by atoms with van der Waals surface area (Å²) in [5, 5.41) is 27.6. The standard InChI is InChI=1S/C7H5N3O3/c8-4-3-5-1-2-6(11)7(9-5)10(12)13/h1-2,11H,3H2. The van der Waals surface area contributed by atoms with Crippen molar-refractivity contribution >= 4 is 5.82 Å². The van der Waals surface area contributed by atoms with Gasteiger partial charge in [-0.15, -0.1) is 0 Å². The average molecular weight is 179 g/mol. The first-order chi connectivity index (χ1) is 6.15. The molecule has 66 valence electrons. The van der Waals surface area contributed by atoms with E-state index in [1.807, 2.05) is 0 Å². The number of hydrogen-bond donors (Lipinski definition) is 1. The van der Waals surface area contributed by atoms with Crippen molar-refractivity contribution in [1.82, 2.24) is 4.98 Å². The van der Waals surface area contributed by atoms with Gasteiger partial charge in [0.25, 0.3) is 0 Å². The van der Waals surface area contributed by atoms with Crippen molar-refractivity contribution < 1.29 is 10.0 Å². The normalized spacial score (nSPS) is 9.15. The SMILES string of the molecule is N#CCc1ccc(O)c([N+](=O)[O-])n1. The lowest BCUT2D eigenvalue weighted by molar-refractivity contribution is -0.390. The van der Waals surface area contributed by atoms with Gasteiger partial charge in [0.1, 0.15) is 6.42 Å². The minimum atomic E-state index is -0.795. The topological polar surface area (TPSA) is 100 Å². The molecule has 1 rings (SSSR count). The minimum absolute atomic E-state index is 0.0128. The lowest BCUT2D eigenvalue weighted by atomic mass is 10.3. The van der Waals surface area contributed by atoms with Crippen LogP contribution in [0.15, 0.2) is 12.1 Å². The zero-order chi connectivity index (χ0) is 9.84. The molecular weight excluding hydrogens is 174 g/mol. The molecule has 6 nitrogen and oxygen atoms in total. The van der Waals surface area contributed by atoms with E-state index in [-0.39, 0.29) is 12.1 Å². The van der Waals surface area contributed by atoms with E-state index in [4.69, 9.17) is 10.4 Å². The smallest absolute Gasteiger partial charge is 0.406 e. The van der Waals surface area contributed by atoms with Crippen LogP contribution in [0.2, 0.25) is 0 Å². The highest BCUT2D eigenvalue weighted by molar-refractivity contribution is 5.39. The molecular formula is C7H5N3O3. The van der Waals surface area contributed by atoms with Crippen molar-refractivity contribution in [2.24, 2.45) is 0 Å². The first-order valence-electron chi connectivity index (χ1n) is 3.35. The molecule has 0 aromatic carbocycles. The zero-order valence-corrected chi connectivity index (χ0v) is 6.47. The molecule has 0 atom stereocenters. The van der Waals surface area contributed by atoms with Gasteiger partial charge in [-0.05, 0) is 22.0 Å². The Labute approximate surface area is 73.2 Å². The van der Waals surface area contributed by atoms with E-state index in [1.54, 1.807) is 6.07 Å². The summed E-state index contributed by atoms with van der Waals surface area (Å²) < 4.78 is 0. The predicted octanol–water partition coefficient (Wildman–Crippen LogP) is 0.761. The second-order valence-electron chi connectivity index (χ2n) is 2.24.